The van der Waals surface area contributed by atoms with Gasteiger partial charge in [0.15, 0.2) is 0 Å². The Morgan fingerprint density at radius 3 is 3.05 bits per heavy atom. The quantitative estimate of drug-likeness (QED) is 0.577. The number of nitrogens with zero attached hydrogens (tertiary/aromatic N) is 3. The van der Waals surface area contributed by atoms with Crippen LogP contribution in [0.4, 0.5) is 0 Å². The van der Waals surface area contributed by atoms with Crippen LogP contribution in [0.15, 0.2) is 18.2 Å². The van der Waals surface area contributed by atoms with Gasteiger partial charge in [-0.3, -0.25) is 0 Å². The lowest BCUT2D eigenvalue weighted by Gasteiger charge is -2.31. The molecule has 1 aliphatic rings. The van der Waals surface area contributed by atoms with E-state index in [9.17, 15) is 0 Å². The molecule has 3 nitrogen and oxygen atoms in total. The van der Waals surface area contributed by atoms with Crippen LogP contribution in [-0.2, 0) is 5.88 Å². The third-order valence-corrected chi connectivity index (χ3v) is 4.72. The average molecular weight is 390 g/mol. The molecule has 0 amide bonds. The molecule has 0 radical (unpaired) electrons. The van der Waals surface area contributed by atoms with Crippen molar-refractivity contribution in [2.24, 2.45) is 0 Å². The minimum absolute atomic E-state index is 0.478. The third kappa shape index (κ3) is 2.62. The molecular weight excluding hydrogens is 373 g/mol. The molecule has 1 unspecified atom stereocenters. The van der Waals surface area contributed by atoms with Crippen LogP contribution in [0.5, 0.6) is 0 Å². The molecular formula is C14H17ClIN3. The van der Waals surface area contributed by atoms with Gasteiger partial charge in [0.25, 0.3) is 0 Å². The molecule has 0 bridgehead atoms. The predicted octanol–water partition coefficient (Wildman–Crippen LogP) is 3.65. The highest BCUT2D eigenvalue weighted by Crippen LogP contribution is 2.29. The molecule has 2 aromatic rings. The number of rotatable bonds is 2. The molecule has 19 heavy (non-hydrogen) atoms. The molecule has 102 valence electrons. The SMILES string of the molecule is CN1CCCC(n2c(CCl)nc3cc(I)ccc32)C1. The minimum atomic E-state index is 0.478. The Hall–Kier alpha value is -0.330. The first-order valence-electron chi connectivity index (χ1n) is 6.60. The molecule has 0 saturated carbocycles. The molecule has 1 saturated heterocycles. The fourth-order valence-corrected chi connectivity index (χ4v) is 3.64. The highest BCUT2D eigenvalue weighted by atomic mass is 127. The lowest BCUT2D eigenvalue weighted by molar-refractivity contribution is 0.213. The van der Waals surface area contributed by atoms with E-state index in [0.717, 1.165) is 17.9 Å². The smallest absolute Gasteiger partial charge is 0.125 e. The van der Waals surface area contributed by atoms with Crippen molar-refractivity contribution in [1.82, 2.24) is 14.5 Å². The van der Waals surface area contributed by atoms with E-state index < -0.39 is 0 Å². The van der Waals surface area contributed by atoms with Crippen molar-refractivity contribution < 1.29 is 0 Å². The Morgan fingerprint density at radius 1 is 1.47 bits per heavy atom. The zero-order valence-corrected chi connectivity index (χ0v) is 13.9. The number of imidazole rings is 1. The van der Waals surface area contributed by atoms with Crippen molar-refractivity contribution in [3.8, 4) is 0 Å². The zero-order chi connectivity index (χ0) is 13.4. The summed E-state index contributed by atoms with van der Waals surface area (Å²) in [4.78, 5) is 7.09. The summed E-state index contributed by atoms with van der Waals surface area (Å²) in [5.41, 5.74) is 2.28. The standard InChI is InChI=1S/C14H17ClIN3/c1-18-6-2-3-11(9-18)19-13-5-4-10(16)7-12(13)17-14(19)8-15/h4-5,7,11H,2-3,6,8-9H2,1H3. The summed E-state index contributed by atoms with van der Waals surface area (Å²) in [6.45, 7) is 2.28. The Bertz CT molecular complexity index is 596. The maximum absolute atomic E-state index is 6.10. The second-order valence-electron chi connectivity index (χ2n) is 5.22. The molecule has 2 heterocycles. The van der Waals surface area contributed by atoms with Crippen LogP contribution in [0.3, 0.4) is 0 Å². The Morgan fingerprint density at radius 2 is 2.32 bits per heavy atom. The van der Waals surface area contributed by atoms with Crippen molar-refractivity contribution >= 4 is 45.2 Å². The van der Waals surface area contributed by atoms with Gasteiger partial charge in [-0.15, -0.1) is 11.6 Å². The summed E-state index contributed by atoms with van der Waals surface area (Å²) in [6, 6.07) is 6.95. The molecule has 5 heteroatoms. The van der Waals surface area contributed by atoms with E-state index in [2.05, 4.69) is 57.3 Å². The van der Waals surface area contributed by atoms with Gasteiger partial charge in [-0.1, -0.05) is 0 Å². The van der Waals surface area contributed by atoms with Crippen LogP contribution in [0.1, 0.15) is 24.7 Å². The van der Waals surface area contributed by atoms with Crippen molar-refractivity contribution in [3.63, 3.8) is 0 Å². The lowest BCUT2D eigenvalue weighted by atomic mass is 10.1. The van der Waals surface area contributed by atoms with Gasteiger partial charge in [0.05, 0.1) is 16.9 Å². The number of aromatic nitrogens is 2. The van der Waals surface area contributed by atoms with Gasteiger partial charge < -0.3 is 9.47 Å². The van der Waals surface area contributed by atoms with E-state index in [1.54, 1.807) is 0 Å². The first-order valence-corrected chi connectivity index (χ1v) is 8.21. The average Bonchev–Trinajstić information content (AvgIpc) is 2.76. The summed E-state index contributed by atoms with van der Waals surface area (Å²) in [5, 5.41) is 0. The molecule has 1 aromatic carbocycles. The monoisotopic (exact) mass is 389 g/mol. The van der Waals surface area contributed by atoms with Gasteiger partial charge in [-0.05, 0) is 67.2 Å². The predicted molar refractivity (Wildman–Crippen MR) is 87.8 cm³/mol. The van der Waals surface area contributed by atoms with Gasteiger partial charge in [0, 0.05) is 16.2 Å². The Balaban J connectivity index is 2.10. The van der Waals surface area contributed by atoms with Crippen LogP contribution >= 0.6 is 34.2 Å². The molecule has 1 fully saturated rings. The third-order valence-electron chi connectivity index (χ3n) is 3.81. The fourth-order valence-electron chi connectivity index (χ4n) is 2.97. The van der Waals surface area contributed by atoms with Gasteiger partial charge in [0.1, 0.15) is 5.82 Å². The Labute approximate surface area is 132 Å². The van der Waals surface area contributed by atoms with Crippen molar-refractivity contribution in [3.05, 3.63) is 27.6 Å². The summed E-state index contributed by atoms with van der Waals surface area (Å²) in [6.07, 6.45) is 2.46. The normalized spacial score (nSPS) is 21.1. The van der Waals surface area contributed by atoms with E-state index in [1.807, 2.05) is 0 Å². The molecule has 3 rings (SSSR count). The topological polar surface area (TPSA) is 21.1 Å². The van der Waals surface area contributed by atoms with E-state index in [4.69, 9.17) is 16.6 Å². The lowest BCUT2D eigenvalue weighted by Crippen LogP contribution is -2.34. The second-order valence-corrected chi connectivity index (χ2v) is 6.74. The van der Waals surface area contributed by atoms with Crippen LogP contribution in [0.2, 0.25) is 0 Å². The van der Waals surface area contributed by atoms with Crippen LogP contribution in [0.25, 0.3) is 11.0 Å². The number of piperidine rings is 1. The molecule has 0 N–H and O–H groups in total. The zero-order valence-electron chi connectivity index (χ0n) is 10.9. The molecule has 1 aliphatic heterocycles. The van der Waals surface area contributed by atoms with E-state index in [1.165, 1.54) is 28.5 Å². The largest absolute Gasteiger partial charge is 0.323 e. The number of hydrogen-bond acceptors (Lipinski definition) is 2. The summed E-state index contributed by atoms with van der Waals surface area (Å²) in [7, 11) is 2.19. The van der Waals surface area contributed by atoms with Crippen molar-refractivity contribution in [1.29, 1.82) is 0 Å². The van der Waals surface area contributed by atoms with E-state index in [-0.39, 0.29) is 0 Å². The molecule has 0 aliphatic carbocycles. The Kier molecular flexibility index (Phi) is 4.01. The number of hydrogen-bond donors (Lipinski definition) is 0. The van der Waals surface area contributed by atoms with Gasteiger partial charge in [-0.25, -0.2) is 4.98 Å². The fraction of sp³-hybridized carbons (Fsp3) is 0.500. The highest BCUT2D eigenvalue weighted by Gasteiger charge is 2.23. The summed E-state index contributed by atoms with van der Waals surface area (Å²) < 4.78 is 3.57. The highest BCUT2D eigenvalue weighted by molar-refractivity contribution is 14.1. The molecule has 0 spiro atoms. The number of alkyl halides is 1. The number of fused-ring (bicyclic) bond motifs is 1. The summed E-state index contributed by atoms with van der Waals surface area (Å²) >= 11 is 8.43. The van der Waals surface area contributed by atoms with Crippen molar-refractivity contribution in [2.45, 2.75) is 24.8 Å². The number of benzene rings is 1. The number of likely N-dealkylation sites (tertiary alicyclic amines) is 1. The van der Waals surface area contributed by atoms with Gasteiger partial charge in [0.2, 0.25) is 0 Å². The van der Waals surface area contributed by atoms with E-state index in [0.29, 0.717) is 11.9 Å². The van der Waals surface area contributed by atoms with Crippen LogP contribution in [-0.4, -0.2) is 34.6 Å². The minimum Gasteiger partial charge on any atom is -0.323 e. The maximum atomic E-state index is 6.10. The maximum Gasteiger partial charge on any atom is 0.125 e. The van der Waals surface area contributed by atoms with Gasteiger partial charge >= 0.3 is 0 Å². The van der Waals surface area contributed by atoms with Crippen molar-refractivity contribution in [2.75, 3.05) is 20.1 Å². The van der Waals surface area contributed by atoms with Gasteiger partial charge in [-0.2, -0.15) is 0 Å². The second kappa shape index (κ2) is 5.58. The van der Waals surface area contributed by atoms with Crippen LogP contribution in [0, 0.1) is 3.57 Å². The number of halogens is 2. The summed E-state index contributed by atoms with van der Waals surface area (Å²) in [5.74, 6) is 1.48. The first-order chi connectivity index (χ1) is 9.19. The van der Waals surface area contributed by atoms with E-state index >= 15 is 0 Å². The van der Waals surface area contributed by atoms with Crippen LogP contribution < -0.4 is 0 Å². The first kappa shape index (κ1) is 13.6. The molecule has 1 atom stereocenters. The molecule has 1 aromatic heterocycles. The number of likely N-dealkylation sites (N-methyl/N-ethyl adjacent to an activating group) is 1.